The topological polar surface area (TPSA) is 58.2 Å². The van der Waals surface area contributed by atoms with E-state index in [4.69, 9.17) is 34.8 Å². The Morgan fingerprint density at radius 1 is 0.913 bits per heavy atom. The van der Waals surface area contributed by atoms with E-state index in [1.807, 2.05) is 0 Å². The van der Waals surface area contributed by atoms with Gasteiger partial charge in [-0.15, -0.1) is 0 Å². The quantitative estimate of drug-likeness (QED) is 0.818. The molecule has 0 heterocycles. The van der Waals surface area contributed by atoms with Gasteiger partial charge in [0.15, 0.2) is 0 Å². The molecule has 0 aliphatic heterocycles. The first-order valence-electron chi connectivity index (χ1n) is 6.74. The summed E-state index contributed by atoms with van der Waals surface area (Å²) in [7, 11) is 0. The zero-order chi connectivity index (χ0) is 16.8. The molecule has 0 bridgehead atoms. The molecule has 2 rings (SSSR count). The molecule has 0 atom stereocenters. The number of nitrogens with one attached hydrogen (secondary N) is 2. The fraction of sp³-hybridized carbons (Fsp3) is 0.125. The van der Waals surface area contributed by atoms with Gasteiger partial charge in [0.05, 0.1) is 10.7 Å². The van der Waals surface area contributed by atoms with Crippen LogP contribution < -0.4 is 10.6 Å². The Labute approximate surface area is 148 Å². The Hall–Kier alpha value is -1.75. The van der Waals surface area contributed by atoms with Gasteiger partial charge < -0.3 is 10.6 Å². The Morgan fingerprint density at radius 2 is 1.57 bits per heavy atom. The van der Waals surface area contributed by atoms with E-state index in [9.17, 15) is 9.59 Å². The fourth-order valence-corrected chi connectivity index (χ4v) is 2.26. The number of hydrogen-bond acceptors (Lipinski definition) is 2. The van der Waals surface area contributed by atoms with Gasteiger partial charge in [-0.1, -0.05) is 34.8 Å². The summed E-state index contributed by atoms with van der Waals surface area (Å²) in [4.78, 5) is 23.7. The molecular formula is C16H13Cl3N2O2. The lowest BCUT2D eigenvalue weighted by atomic mass is 10.2. The highest BCUT2D eigenvalue weighted by atomic mass is 35.5. The molecule has 2 N–H and O–H groups in total. The molecule has 0 aliphatic rings. The van der Waals surface area contributed by atoms with Crippen LogP contribution in [0.2, 0.25) is 15.1 Å². The van der Waals surface area contributed by atoms with Crippen LogP contribution in [0.25, 0.3) is 0 Å². The van der Waals surface area contributed by atoms with E-state index in [1.165, 1.54) is 0 Å². The van der Waals surface area contributed by atoms with Crippen LogP contribution in [0.4, 0.5) is 5.69 Å². The van der Waals surface area contributed by atoms with Crippen molar-refractivity contribution in [2.45, 2.75) is 6.42 Å². The van der Waals surface area contributed by atoms with Crippen LogP contribution in [0, 0.1) is 0 Å². The minimum absolute atomic E-state index is 0.113. The Morgan fingerprint density at radius 3 is 2.26 bits per heavy atom. The molecular weight excluding hydrogens is 359 g/mol. The lowest BCUT2D eigenvalue weighted by Gasteiger charge is -2.08. The van der Waals surface area contributed by atoms with Crippen molar-refractivity contribution in [1.82, 2.24) is 5.32 Å². The molecule has 0 radical (unpaired) electrons. The van der Waals surface area contributed by atoms with Gasteiger partial charge in [0.25, 0.3) is 5.91 Å². The molecule has 0 unspecified atom stereocenters. The molecule has 0 saturated carbocycles. The van der Waals surface area contributed by atoms with Crippen molar-refractivity contribution >= 4 is 52.3 Å². The zero-order valence-corrected chi connectivity index (χ0v) is 14.2. The number of rotatable bonds is 5. The van der Waals surface area contributed by atoms with Crippen molar-refractivity contribution in [2.24, 2.45) is 0 Å². The third-order valence-electron chi connectivity index (χ3n) is 2.95. The number of carbonyl (C=O) groups is 2. The standard InChI is InChI=1S/C16H13Cl3N2O2/c17-11-3-1-10(2-4-11)16(23)20-8-7-15(22)21-14-9-12(18)5-6-13(14)19/h1-6,9H,7-8H2,(H,20,23)(H,21,22). The average molecular weight is 372 g/mol. The van der Waals surface area contributed by atoms with Crippen LogP contribution >= 0.6 is 34.8 Å². The second kappa shape index (κ2) is 8.20. The molecule has 0 aromatic heterocycles. The van der Waals surface area contributed by atoms with Crippen molar-refractivity contribution in [2.75, 3.05) is 11.9 Å². The Kier molecular flexibility index (Phi) is 6.28. The number of amides is 2. The lowest BCUT2D eigenvalue weighted by molar-refractivity contribution is -0.116. The van der Waals surface area contributed by atoms with E-state index in [0.29, 0.717) is 26.3 Å². The molecule has 0 aliphatic carbocycles. The number of hydrogen-bond donors (Lipinski definition) is 2. The Bertz CT molecular complexity index is 718. The highest BCUT2D eigenvalue weighted by Crippen LogP contribution is 2.25. The first kappa shape index (κ1) is 17.6. The number of halogens is 3. The molecule has 4 nitrogen and oxygen atoms in total. The molecule has 0 spiro atoms. The van der Waals surface area contributed by atoms with Gasteiger partial charge in [-0.05, 0) is 42.5 Å². The van der Waals surface area contributed by atoms with Crippen molar-refractivity contribution in [3.05, 3.63) is 63.1 Å². The molecule has 7 heteroatoms. The highest BCUT2D eigenvalue weighted by molar-refractivity contribution is 6.35. The third kappa shape index (κ3) is 5.43. The molecule has 0 saturated heterocycles. The van der Waals surface area contributed by atoms with E-state index < -0.39 is 0 Å². The highest BCUT2D eigenvalue weighted by Gasteiger charge is 2.09. The predicted molar refractivity (Wildman–Crippen MR) is 93.5 cm³/mol. The summed E-state index contributed by atoms with van der Waals surface area (Å²) in [5.41, 5.74) is 0.917. The molecule has 2 amide bonds. The summed E-state index contributed by atoms with van der Waals surface area (Å²) in [6.07, 6.45) is 0.113. The van der Waals surface area contributed by atoms with Gasteiger partial charge in [-0.3, -0.25) is 9.59 Å². The molecule has 2 aromatic carbocycles. The van der Waals surface area contributed by atoms with Crippen LogP contribution in [0.5, 0.6) is 0 Å². The maximum absolute atomic E-state index is 11.9. The number of benzene rings is 2. The van der Waals surface area contributed by atoms with Gasteiger partial charge in [-0.25, -0.2) is 0 Å². The molecule has 0 fully saturated rings. The van der Waals surface area contributed by atoms with E-state index in [2.05, 4.69) is 10.6 Å². The van der Waals surface area contributed by atoms with Crippen molar-refractivity contribution in [3.63, 3.8) is 0 Å². The van der Waals surface area contributed by atoms with E-state index >= 15 is 0 Å². The van der Waals surface area contributed by atoms with E-state index in [0.717, 1.165) is 0 Å². The summed E-state index contributed by atoms with van der Waals surface area (Å²) in [5, 5.41) is 6.73. The monoisotopic (exact) mass is 370 g/mol. The number of carbonyl (C=O) groups excluding carboxylic acids is 2. The van der Waals surface area contributed by atoms with Gasteiger partial charge in [0.1, 0.15) is 0 Å². The van der Waals surface area contributed by atoms with Crippen molar-refractivity contribution in [1.29, 1.82) is 0 Å². The van der Waals surface area contributed by atoms with Crippen molar-refractivity contribution in [3.8, 4) is 0 Å². The minimum atomic E-state index is -0.273. The zero-order valence-electron chi connectivity index (χ0n) is 11.9. The summed E-state index contributed by atoms with van der Waals surface area (Å²) in [5.74, 6) is -0.541. The van der Waals surface area contributed by atoms with Crippen LogP contribution in [-0.4, -0.2) is 18.4 Å². The summed E-state index contributed by atoms with van der Waals surface area (Å²) in [6, 6.07) is 11.3. The summed E-state index contributed by atoms with van der Waals surface area (Å²) < 4.78 is 0. The van der Waals surface area contributed by atoms with E-state index in [1.54, 1.807) is 42.5 Å². The molecule has 23 heavy (non-hydrogen) atoms. The van der Waals surface area contributed by atoms with Crippen LogP contribution in [0.3, 0.4) is 0 Å². The van der Waals surface area contributed by atoms with Gasteiger partial charge in [0, 0.05) is 28.6 Å². The van der Waals surface area contributed by atoms with Crippen molar-refractivity contribution < 1.29 is 9.59 Å². The Balaban J connectivity index is 1.81. The largest absolute Gasteiger partial charge is 0.352 e. The fourth-order valence-electron chi connectivity index (χ4n) is 1.80. The maximum Gasteiger partial charge on any atom is 0.251 e. The molecule has 120 valence electrons. The minimum Gasteiger partial charge on any atom is -0.352 e. The SMILES string of the molecule is O=C(CCNC(=O)c1ccc(Cl)cc1)Nc1cc(Cl)ccc1Cl. The first-order valence-corrected chi connectivity index (χ1v) is 7.88. The summed E-state index contributed by atoms with van der Waals surface area (Å²) in [6.45, 7) is 0.200. The van der Waals surface area contributed by atoms with Gasteiger partial charge in [-0.2, -0.15) is 0 Å². The normalized spacial score (nSPS) is 10.2. The van der Waals surface area contributed by atoms with Gasteiger partial charge in [0.2, 0.25) is 5.91 Å². The first-order chi connectivity index (χ1) is 11.0. The smallest absolute Gasteiger partial charge is 0.251 e. The van der Waals surface area contributed by atoms with Gasteiger partial charge >= 0.3 is 0 Å². The predicted octanol–water partition coefficient (Wildman–Crippen LogP) is 4.41. The van der Waals surface area contributed by atoms with Crippen LogP contribution in [0.15, 0.2) is 42.5 Å². The second-order valence-electron chi connectivity index (χ2n) is 4.69. The maximum atomic E-state index is 11.9. The second-order valence-corrected chi connectivity index (χ2v) is 5.97. The third-order valence-corrected chi connectivity index (χ3v) is 3.76. The number of anilines is 1. The summed E-state index contributed by atoms with van der Waals surface area (Å²) >= 11 is 17.6. The molecule has 2 aromatic rings. The van der Waals surface area contributed by atoms with E-state index in [-0.39, 0.29) is 24.8 Å². The average Bonchev–Trinajstić information content (AvgIpc) is 2.51. The lowest BCUT2D eigenvalue weighted by Crippen LogP contribution is -2.27. The van der Waals surface area contributed by atoms with Crippen LogP contribution in [-0.2, 0) is 4.79 Å². The van der Waals surface area contributed by atoms with Crippen LogP contribution in [0.1, 0.15) is 16.8 Å².